The molecule has 0 aliphatic carbocycles. The Labute approximate surface area is 173 Å². The van der Waals surface area contributed by atoms with E-state index in [1.54, 1.807) is 22.7 Å². The zero-order valence-electron chi connectivity index (χ0n) is 15.9. The van der Waals surface area contributed by atoms with Crippen LogP contribution in [0.5, 0.6) is 0 Å². The lowest BCUT2D eigenvalue weighted by molar-refractivity contribution is -0.119. The van der Waals surface area contributed by atoms with E-state index < -0.39 is 0 Å². The molecule has 144 valence electrons. The number of benzene rings is 1. The Kier molecular flexibility index (Phi) is 4.78. The second-order valence-electron chi connectivity index (χ2n) is 7.58. The molecule has 3 aromatic rings. The monoisotopic (exact) mass is 409 g/mol. The lowest BCUT2D eigenvalue weighted by atomic mass is 10.1. The van der Waals surface area contributed by atoms with Gasteiger partial charge < -0.3 is 4.90 Å². The average molecular weight is 410 g/mol. The van der Waals surface area contributed by atoms with Crippen LogP contribution in [0.1, 0.15) is 35.0 Å². The number of hydrogen-bond donors (Lipinski definition) is 0. The third-order valence-electron chi connectivity index (χ3n) is 5.82. The van der Waals surface area contributed by atoms with Crippen molar-refractivity contribution in [2.75, 3.05) is 24.5 Å². The van der Waals surface area contributed by atoms with Gasteiger partial charge in [0.05, 0.1) is 17.2 Å². The second-order valence-corrected chi connectivity index (χ2v) is 9.42. The molecular formula is C22H23N3OS2. The van der Waals surface area contributed by atoms with Crippen molar-refractivity contribution in [3.8, 4) is 11.3 Å². The van der Waals surface area contributed by atoms with Crippen molar-refractivity contribution in [2.45, 2.75) is 32.2 Å². The number of hydrogen-bond acceptors (Lipinski definition) is 5. The lowest BCUT2D eigenvalue weighted by Crippen LogP contribution is -2.39. The van der Waals surface area contributed by atoms with Gasteiger partial charge in [0.2, 0.25) is 5.91 Å². The van der Waals surface area contributed by atoms with E-state index in [-0.39, 0.29) is 5.91 Å². The number of carbonyl (C=O) groups is 1. The standard InChI is InChI=1S/C22H23N3OS2/c1-15-23-19(14-28-15)16-4-5-21-17(11-16)6-9-25(21)22(26)12-24-8-2-3-20(24)18-7-10-27-13-18/h4-5,7,10-11,13-14,20H,2-3,6,8-9,12H2,1H3. The Hall–Kier alpha value is -2.02. The van der Waals surface area contributed by atoms with Gasteiger partial charge in [-0.1, -0.05) is 6.07 Å². The number of aromatic nitrogens is 1. The number of anilines is 1. The van der Waals surface area contributed by atoms with E-state index in [1.807, 2.05) is 11.8 Å². The fourth-order valence-corrected chi connectivity index (χ4v) is 5.76. The first-order chi connectivity index (χ1) is 13.7. The van der Waals surface area contributed by atoms with Crippen LogP contribution >= 0.6 is 22.7 Å². The Morgan fingerprint density at radius 1 is 1.25 bits per heavy atom. The number of aryl methyl sites for hydroxylation is 1. The van der Waals surface area contributed by atoms with E-state index in [0.717, 1.165) is 47.9 Å². The number of rotatable bonds is 4. The summed E-state index contributed by atoms with van der Waals surface area (Å²) in [4.78, 5) is 22.0. The summed E-state index contributed by atoms with van der Waals surface area (Å²) >= 11 is 3.41. The Bertz CT molecular complexity index is 995. The Morgan fingerprint density at radius 2 is 2.18 bits per heavy atom. The number of nitrogens with zero attached hydrogens (tertiary/aromatic N) is 3. The van der Waals surface area contributed by atoms with Crippen molar-refractivity contribution in [3.05, 3.63) is 56.5 Å². The van der Waals surface area contributed by atoms with Crippen LogP contribution in [0.2, 0.25) is 0 Å². The molecule has 1 saturated heterocycles. The third kappa shape index (κ3) is 3.30. The summed E-state index contributed by atoms with van der Waals surface area (Å²) in [6.45, 7) is 4.33. The minimum atomic E-state index is 0.220. The smallest absolute Gasteiger partial charge is 0.241 e. The minimum Gasteiger partial charge on any atom is -0.311 e. The van der Waals surface area contributed by atoms with E-state index in [1.165, 1.54) is 17.5 Å². The first kappa shape index (κ1) is 18.0. The van der Waals surface area contributed by atoms with Gasteiger partial charge in [-0.15, -0.1) is 11.3 Å². The molecule has 1 atom stereocenters. The van der Waals surface area contributed by atoms with E-state index in [0.29, 0.717) is 12.6 Å². The van der Waals surface area contributed by atoms with Crippen LogP contribution in [0.3, 0.4) is 0 Å². The van der Waals surface area contributed by atoms with Crippen molar-refractivity contribution in [1.29, 1.82) is 0 Å². The van der Waals surface area contributed by atoms with Crippen LogP contribution in [-0.4, -0.2) is 35.4 Å². The maximum Gasteiger partial charge on any atom is 0.241 e. The molecule has 1 amide bonds. The van der Waals surface area contributed by atoms with Crippen LogP contribution in [0.15, 0.2) is 40.4 Å². The molecule has 0 spiro atoms. The van der Waals surface area contributed by atoms with Gasteiger partial charge in [0.25, 0.3) is 0 Å². The fraction of sp³-hybridized carbons (Fsp3) is 0.364. The second kappa shape index (κ2) is 7.43. The van der Waals surface area contributed by atoms with Gasteiger partial charge in [-0.2, -0.15) is 11.3 Å². The van der Waals surface area contributed by atoms with Crippen molar-refractivity contribution < 1.29 is 4.79 Å². The predicted octanol–water partition coefficient (Wildman–Crippen LogP) is 4.91. The third-order valence-corrected chi connectivity index (χ3v) is 7.30. The number of thiazole rings is 1. The maximum atomic E-state index is 13.1. The van der Waals surface area contributed by atoms with Crippen LogP contribution < -0.4 is 4.90 Å². The molecule has 1 aromatic carbocycles. The maximum absolute atomic E-state index is 13.1. The highest BCUT2D eigenvalue weighted by molar-refractivity contribution is 7.09. The first-order valence-electron chi connectivity index (χ1n) is 9.81. The molecule has 2 aromatic heterocycles. The van der Waals surface area contributed by atoms with Crippen LogP contribution in [-0.2, 0) is 11.2 Å². The molecule has 28 heavy (non-hydrogen) atoms. The molecule has 0 bridgehead atoms. The van der Waals surface area contributed by atoms with Gasteiger partial charge in [0.1, 0.15) is 0 Å². The van der Waals surface area contributed by atoms with Crippen molar-refractivity contribution in [1.82, 2.24) is 9.88 Å². The molecule has 5 rings (SSSR count). The fourth-order valence-electron chi connectivity index (χ4n) is 4.43. The Morgan fingerprint density at radius 3 is 2.96 bits per heavy atom. The topological polar surface area (TPSA) is 36.4 Å². The normalized spacial score (nSPS) is 19.3. The molecule has 1 unspecified atom stereocenters. The first-order valence-corrected chi connectivity index (χ1v) is 11.6. The van der Waals surface area contributed by atoms with Crippen molar-refractivity contribution >= 4 is 34.3 Å². The highest BCUT2D eigenvalue weighted by atomic mass is 32.1. The van der Waals surface area contributed by atoms with Gasteiger partial charge >= 0.3 is 0 Å². The molecule has 4 nitrogen and oxygen atoms in total. The van der Waals surface area contributed by atoms with Gasteiger partial charge in [-0.05, 0) is 72.8 Å². The molecule has 0 radical (unpaired) electrons. The largest absolute Gasteiger partial charge is 0.311 e. The van der Waals surface area contributed by atoms with Crippen LogP contribution in [0.25, 0.3) is 11.3 Å². The SMILES string of the molecule is Cc1nc(-c2ccc3c(c2)CCN3C(=O)CN2CCCC2c2ccsc2)cs1. The van der Waals surface area contributed by atoms with Crippen molar-refractivity contribution in [3.63, 3.8) is 0 Å². The zero-order chi connectivity index (χ0) is 19.1. The van der Waals surface area contributed by atoms with Crippen LogP contribution in [0, 0.1) is 6.92 Å². The summed E-state index contributed by atoms with van der Waals surface area (Å²) in [5.74, 6) is 0.220. The summed E-state index contributed by atoms with van der Waals surface area (Å²) in [6, 6.07) is 9.01. The zero-order valence-corrected chi connectivity index (χ0v) is 17.6. The highest BCUT2D eigenvalue weighted by Crippen LogP contribution is 2.35. The Balaban J connectivity index is 1.32. The molecular weight excluding hydrogens is 386 g/mol. The summed E-state index contributed by atoms with van der Waals surface area (Å²) in [6.07, 6.45) is 3.24. The summed E-state index contributed by atoms with van der Waals surface area (Å²) in [5.41, 5.74) is 5.87. The molecule has 2 aliphatic rings. The quantitative estimate of drug-likeness (QED) is 0.615. The summed E-state index contributed by atoms with van der Waals surface area (Å²) < 4.78 is 0. The number of fused-ring (bicyclic) bond motifs is 1. The van der Waals surface area contributed by atoms with Crippen LogP contribution in [0.4, 0.5) is 5.69 Å². The number of carbonyl (C=O) groups excluding carboxylic acids is 1. The number of amides is 1. The molecule has 0 N–H and O–H groups in total. The van der Waals surface area contributed by atoms with E-state index >= 15 is 0 Å². The molecule has 1 fully saturated rings. The molecule has 6 heteroatoms. The molecule has 0 saturated carbocycles. The number of thiophene rings is 1. The average Bonchev–Trinajstić information content (AvgIpc) is 3.47. The molecule has 4 heterocycles. The van der Waals surface area contributed by atoms with Gasteiger partial charge in [-0.25, -0.2) is 4.98 Å². The van der Waals surface area contributed by atoms with Gasteiger partial charge in [0.15, 0.2) is 0 Å². The summed E-state index contributed by atoms with van der Waals surface area (Å²) in [7, 11) is 0. The van der Waals surface area contributed by atoms with E-state index in [4.69, 9.17) is 0 Å². The summed E-state index contributed by atoms with van der Waals surface area (Å²) in [5, 5.41) is 7.54. The highest BCUT2D eigenvalue weighted by Gasteiger charge is 2.31. The predicted molar refractivity (Wildman–Crippen MR) is 116 cm³/mol. The number of likely N-dealkylation sites (tertiary alicyclic amines) is 1. The van der Waals surface area contributed by atoms with E-state index in [9.17, 15) is 4.79 Å². The molecule has 2 aliphatic heterocycles. The minimum absolute atomic E-state index is 0.220. The van der Waals surface area contributed by atoms with E-state index in [2.05, 4.69) is 50.3 Å². The van der Waals surface area contributed by atoms with Gasteiger partial charge in [-0.3, -0.25) is 9.69 Å². The van der Waals surface area contributed by atoms with Crippen molar-refractivity contribution in [2.24, 2.45) is 0 Å². The van der Waals surface area contributed by atoms with Gasteiger partial charge in [0, 0.05) is 29.2 Å². The lowest BCUT2D eigenvalue weighted by Gasteiger charge is -2.26.